The first kappa shape index (κ1) is 9.45. The summed E-state index contributed by atoms with van der Waals surface area (Å²) in [6.07, 6.45) is 2.24. The number of aromatic nitrogens is 1. The number of carbonyl (C=O) groups excluding carboxylic acids is 1. The van der Waals surface area contributed by atoms with Crippen LogP contribution in [-0.4, -0.2) is 22.3 Å². The lowest BCUT2D eigenvalue weighted by molar-refractivity contribution is 0.0698. The molecule has 0 atom stereocenters. The summed E-state index contributed by atoms with van der Waals surface area (Å²) >= 11 is 0. The lowest BCUT2D eigenvalue weighted by Gasteiger charge is -2.00. The molecule has 1 aromatic heterocycles. The number of fused-ring (bicyclic) bond motifs is 1. The number of carboxylic acids is 1. The third kappa shape index (κ3) is 1.30. The van der Waals surface area contributed by atoms with Gasteiger partial charge < -0.3 is 10.1 Å². The zero-order valence-electron chi connectivity index (χ0n) is 8.07. The third-order valence-electron chi connectivity index (χ3n) is 2.43. The van der Waals surface area contributed by atoms with Crippen molar-refractivity contribution in [2.45, 2.75) is 6.92 Å². The summed E-state index contributed by atoms with van der Waals surface area (Å²) in [6.45, 7) is 1.84. The first-order valence-electron chi connectivity index (χ1n) is 4.44. The minimum atomic E-state index is -1.00. The van der Waals surface area contributed by atoms with Gasteiger partial charge in [0.1, 0.15) is 0 Å². The Bertz CT molecular complexity index is 554. The number of H-pyrrole nitrogens is 1. The number of hydrogen-bond donors (Lipinski definition) is 2. The standard InChI is InChI=1S/C11H9NO3/c1-6-2-3-8(11(14)15)10-9(6)7(5-13)4-12-10/h2-5,12H,1H3,(H,14,15). The van der Waals surface area contributed by atoms with Crippen LogP contribution >= 0.6 is 0 Å². The molecule has 0 unspecified atom stereocenters. The topological polar surface area (TPSA) is 70.2 Å². The number of carboxylic acid groups (broad SMARTS) is 1. The van der Waals surface area contributed by atoms with Crippen molar-refractivity contribution in [3.63, 3.8) is 0 Å². The summed E-state index contributed by atoms with van der Waals surface area (Å²) < 4.78 is 0. The Morgan fingerprint density at radius 2 is 2.20 bits per heavy atom. The van der Waals surface area contributed by atoms with E-state index in [0.717, 1.165) is 11.8 Å². The van der Waals surface area contributed by atoms with Crippen LogP contribution in [0.5, 0.6) is 0 Å². The Hall–Kier alpha value is -2.10. The Kier molecular flexibility index (Phi) is 2.04. The van der Waals surface area contributed by atoms with Gasteiger partial charge in [-0.05, 0) is 18.6 Å². The summed E-state index contributed by atoms with van der Waals surface area (Å²) in [5.41, 5.74) is 2.07. The van der Waals surface area contributed by atoms with Gasteiger partial charge in [0.15, 0.2) is 6.29 Å². The van der Waals surface area contributed by atoms with Crippen molar-refractivity contribution in [2.24, 2.45) is 0 Å². The largest absolute Gasteiger partial charge is 0.478 e. The highest BCUT2D eigenvalue weighted by Gasteiger charge is 2.13. The molecule has 0 aliphatic rings. The first-order valence-corrected chi connectivity index (χ1v) is 4.44. The predicted octanol–water partition coefficient (Wildman–Crippen LogP) is 1.99. The zero-order valence-corrected chi connectivity index (χ0v) is 8.07. The summed E-state index contributed by atoms with van der Waals surface area (Å²) in [7, 11) is 0. The molecule has 0 saturated carbocycles. The molecule has 1 aromatic carbocycles. The van der Waals surface area contributed by atoms with Gasteiger partial charge in [0.2, 0.25) is 0 Å². The molecule has 0 spiro atoms. The second-order valence-corrected chi connectivity index (χ2v) is 3.35. The van der Waals surface area contributed by atoms with E-state index in [2.05, 4.69) is 4.98 Å². The molecule has 0 aliphatic carbocycles. The van der Waals surface area contributed by atoms with Gasteiger partial charge in [-0.15, -0.1) is 0 Å². The van der Waals surface area contributed by atoms with Crippen LogP contribution < -0.4 is 0 Å². The van der Waals surface area contributed by atoms with Crippen LogP contribution in [0.4, 0.5) is 0 Å². The maximum atomic E-state index is 10.9. The second kappa shape index (κ2) is 3.24. The molecular weight excluding hydrogens is 194 g/mol. The lowest BCUT2D eigenvalue weighted by Crippen LogP contribution is -1.97. The van der Waals surface area contributed by atoms with Gasteiger partial charge in [0, 0.05) is 17.1 Å². The van der Waals surface area contributed by atoms with E-state index in [9.17, 15) is 9.59 Å². The molecule has 0 bridgehead atoms. The minimum Gasteiger partial charge on any atom is -0.478 e. The van der Waals surface area contributed by atoms with Crippen molar-refractivity contribution in [1.82, 2.24) is 4.98 Å². The van der Waals surface area contributed by atoms with Gasteiger partial charge in [0.25, 0.3) is 0 Å². The summed E-state index contributed by atoms with van der Waals surface area (Å²) in [4.78, 5) is 24.5. The van der Waals surface area contributed by atoms with Crippen LogP contribution in [-0.2, 0) is 0 Å². The van der Waals surface area contributed by atoms with Crippen LogP contribution in [0.1, 0.15) is 26.3 Å². The number of carbonyl (C=O) groups is 2. The van der Waals surface area contributed by atoms with E-state index in [1.54, 1.807) is 6.07 Å². The maximum absolute atomic E-state index is 10.9. The maximum Gasteiger partial charge on any atom is 0.337 e. The Balaban J connectivity index is 2.90. The van der Waals surface area contributed by atoms with Crippen LogP contribution in [0, 0.1) is 6.92 Å². The van der Waals surface area contributed by atoms with E-state index in [1.165, 1.54) is 12.3 Å². The number of aldehydes is 1. The molecule has 2 rings (SSSR count). The highest BCUT2D eigenvalue weighted by molar-refractivity contribution is 6.08. The highest BCUT2D eigenvalue weighted by atomic mass is 16.4. The smallest absolute Gasteiger partial charge is 0.337 e. The monoisotopic (exact) mass is 203 g/mol. The van der Waals surface area contributed by atoms with Crippen molar-refractivity contribution in [2.75, 3.05) is 0 Å². The Morgan fingerprint density at radius 3 is 2.80 bits per heavy atom. The molecule has 0 saturated heterocycles. The first-order chi connectivity index (χ1) is 7.15. The molecular formula is C11H9NO3. The van der Waals surface area contributed by atoms with E-state index < -0.39 is 5.97 Å². The molecule has 0 fully saturated rings. The van der Waals surface area contributed by atoms with Crippen molar-refractivity contribution < 1.29 is 14.7 Å². The van der Waals surface area contributed by atoms with Crippen molar-refractivity contribution in [3.8, 4) is 0 Å². The fraction of sp³-hybridized carbons (Fsp3) is 0.0909. The molecule has 1 heterocycles. The van der Waals surface area contributed by atoms with Crippen molar-refractivity contribution in [1.29, 1.82) is 0 Å². The van der Waals surface area contributed by atoms with E-state index in [0.29, 0.717) is 16.5 Å². The molecule has 76 valence electrons. The molecule has 2 aromatic rings. The second-order valence-electron chi connectivity index (χ2n) is 3.35. The zero-order chi connectivity index (χ0) is 11.0. The van der Waals surface area contributed by atoms with Crippen LogP contribution in [0.3, 0.4) is 0 Å². The quantitative estimate of drug-likeness (QED) is 0.733. The van der Waals surface area contributed by atoms with Crippen LogP contribution in [0.25, 0.3) is 10.9 Å². The SMILES string of the molecule is Cc1ccc(C(=O)O)c2[nH]cc(C=O)c12. The predicted molar refractivity (Wildman–Crippen MR) is 55.4 cm³/mol. The average Bonchev–Trinajstić information content (AvgIpc) is 2.62. The fourth-order valence-electron chi connectivity index (χ4n) is 1.72. The lowest BCUT2D eigenvalue weighted by atomic mass is 10.0. The van der Waals surface area contributed by atoms with Gasteiger partial charge in [-0.2, -0.15) is 0 Å². The number of aromatic carboxylic acids is 1. The van der Waals surface area contributed by atoms with E-state index in [1.807, 2.05) is 6.92 Å². The molecule has 4 nitrogen and oxygen atoms in total. The van der Waals surface area contributed by atoms with E-state index >= 15 is 0 Å². The fourth-order valence-corrected chi connectivity index (χ4v) is 1.72. The number of rotatable bonds is 2. The van der Waals surface area contributed by atoms with Crippen molar-refractivity contribution >= 4 is 23.2 Å². The van der Waals surface area contributed by atoms with Gasteiger partial charge in [-0.25, -0.2) is 4.79 Å². The molecule has 15 heavy (non-hydrogen) atoms. The molecule has 0 amide bonds. The Labute approximate surface area is 85.5 Å². The van der Waals surface area contributed by atoms with Gasteiger partial charge in [-0.3, -0.25) is 4.79 Å². The van der Waals surface area contributed by atoms with Gasteiger partial charge >= 0.3 is 5.97 Å². The number of benzene rings is 1. The number of hydrogen-bond acceptors (Lipinski definition) is 2. The van der Waals surface area contributed by atoms with Crippen molar-refractivity contribution in [3.05, 3.63) is 35.0 Å². The molecule has 0 aliphatic heterocycles. The van der Waals surface area contributed by atoms with Crippen LogP contribution in [0.15, 0.2) is 18.3 Å². The molecule has 4 heteroatoms. The molecule has 0 radical (unpaired) electrons. The molecule has 2 N–H and O–H groups in total. The normalized spacial score (nSPS) is 10.5. The minimum absolute atomic E-state index is 0.184. The van der Waals surface area contributed by atoms with E-state index in [4.69, 9.17) is 5.11 Å². The highest BCUT2D eigenvalue weighted by Crippen LogP contribution is 2.24. The Morgan fingerprint density at radius 1 is 1.47 bits per heavy atom. The average molecular weight is 203 g/mol. The summed E-state index contributed by atoms with van der Waals surface area (Å²) in [5.74, 6) is -1.00. The number of nitrogens with one attached hydrogen (secondary N) is 1. The van der Waals surface area contributed by atoms with Gasteiger partial charge in [0.05, 0.1) is 11.1 Å². The van der Waals surface area contributed by atoms with Gasteiger partial charge in [-0.1, -0.05) is 6.07 Å². The number of aryl methyl sites for hydroxylation is 1. The van der Waals surface area contributed by atoms with Crippen LogP contribution in [0.2, 0.25) is 0 Å². The summed E-state index contributed by atoms with van der Waals surface area (Å²) in [5, 5.41) is 9.63. The third-order valence-corrected chi connectivity index (χ3v) is 2.43. The number of aromatic amines is 1. The van der Waals surface area contributed by atoms with E-state index in [-0.39, 0.29) is 5.56 Å². The summed E-state index contributed by atoms with van der Waals surface area (Å²) in [6, 6.07) is 3.23.